The van der Waals surface area contributed by atoms with Gasteiger partial charge in [-0.05, 0) is 48.7 Å². The molecule has 6 heteroatoms. The number of aromatic nitrogens is 1. The van der Waals surface area contributed by atoms with Crippen molar-refractivity contribution in [3.05, 3.63) is 77.7 Å². The summed E-state index contributed by atoms with van der Waals surface area (Å²) in [5.74, 6) is -0.708. The van der Waals surface area contributed by atoms with Crippen LogP contribution in [0, 0.1) is 5.82 Å². The van der Waals surface area contributed by atoms with E-state index in [1.165, 1.54) is 24.3 Å². The Hall–Kier alpha value is -3.28. The van der Waals surface area contributed by atoms with E-state index < -0.39 is 0 Å². The first-order chi connectivity index (χ1) is 13.6. The van der Waals surface area contributed by atoms with Gasteiger partial charge in [0.2, 0.25) is 5.91 Å². The quantitative estimate of drug-likeness (QED) is 0.590. The summed E-state index contributed by atoms with van der Waals surface area (Å²) < 4.78 is 12.9. The van der Waals surface area contributed by atoms with Crippen LogP contribution < -0.4 is 10.6 Å². The summed E-state index contributed by atoms with van der Waals surface area (Å²) in [7, 11) is 0. The zero-order chi connectivity index (χ0) is 19.8. The molecule has 28 heavy (non-hydrogen) atoms. The Kier molecular flexibility index (Phi) is 6.68. The summed E-state index contributed by atoms with van der Waals surface area (Å²) in [6.45, 7) is 0.924. The molecule has 3 rings (SSSR count). The number of hydrogen-bond acceptors (Lipinski definition) is 3. The number of carbonyl (C=O) groups excluding carboxylic acids is 2. The van der Waals surface area contributed by atoms with Gasteiger partial charge in [-0.25, -0.2) is 4.39 Å². The fourth-order valence-electron chi connectivity index (χ4n) is 2.95. The average molecular weight is 379 g/mol. The maximum Gasteiger partial charge on any atom is 0.251 e. The maximum absolute atomic E-state index is 12.9. The number of pyridine rings is 1. The van der Waals surface area contributed by atoms with Gasteiger partial charge in [0.1, 0.15) is 5.82 Å². The molecule has 0 saturated heterocycles. The minimum absolute atomic E-state index is 0.0516. The highest BCUT2D eigenvalue weighted by Gasteiger charge is 2.07. The number of nitrogens with zero attached hydrogens (tertiary/aromatic N) is 1. The summed E-state index contributed by atoms with van der Waals surface area (Å²) >= 11 is 0. The molecule has 2 amide bonds. The second-order valence-corrected chi connectivity index (χ2v) is 6.46. The predicted octanol–water partition coefficient (Wildman–Crippen LogP) is 3.24. The lowest BCUT2D eigenvalue weighted by Crippen LogP contribution is -2.28. The van der Waals surface area contributed by atoms with Gasteiger partial charge in [0, 0.05) is 36.7 Å². The lowest BCUT2D eigenvalue weighted by atomic mass is 10.1. The van der Waals surface area contributed by atoms with Crippen molar-refractivity contribution in [3.8, 4) is 0 Å². The molecule has 0 aliphatic rings. The van der Waals surface area contributed by atoms with E-state index in [2.05, 4.69) is 15.6 Å². The molecule has 2 aromatic carbocycles. The van der Waals surface area contributed by atoms with Crippen LogP contribution in [-0.4, -0.2) is 29.9 Å². The monoisotopic (exact) mass is 379 g/mol. The number of halogens is 1. The van der Waals surface area contributed by atoms with Crippen molar-refractivity contribution < 1.29 is 14.0 Å². The maximum atomic E-state index is 12.9. The standard InChI is InChI=1S/C22H22FN3O2/c23-19-10-8-18(9-11-19)22(28)26-14-3-7-20(27)24-15-12-17-5-1-4-16-6-2-13-25-21(16)17/h1-2,4-6,8-11,13H,3,7,12,14-15H2,(H,24,27)(H,26,28). The third-order valence-electron chi connectivity index (χ3n) is 4.41. The van der Waals surface area contributed by atoms with Gasteiger partial charge in [0.25, 0.3) is 5.91 Å². The predicted molar refractivity (Wildman–Crippen MR) is 106 cm³/mol. The number of amides is 2. The molecule has 5 nitrogen and oxygen atoms in total. The van der Waals surface area contributed by atoms with E-state index in [1.54, 1.807) is 6.20 Å². The van der Waals surface area contributed by atoms with Crippen LogP contribution in [0.15, 0.2) is 60.8 Å². The molecule has 144 valence electrons. The summed E-state index contributed by atoms with van der Waals surface area (Å²) in [5.41, 5.74) is 2.46. The minimum atomic E-state index is -0.382. The molecular formula is C22H22FN3O2. The number of hydrogen-bond donors (Lipinski definition) is 2. The molecule has 0 radical (unpaired) electrons. The van der Waals surface area contributed by atoms with Gasteiger partial charge in [-0.1, -0.05) is 24.3 Å². The Morgan fingerprint density at radius 3 is 2.54 bits per heavy atom. The van der Waals surface area contributed by atoms with Crippen LogP contribution in [-0.2, 0) is 11.2 Å². The van der Waals surface area contributed by atoms with Gasteiger partial charge >= 0.3 is 0 Å². The molecule has 0 atom stereocenters. The van der Waals surface area contributed by atoms with Crippen molar-refractivity contribution in [1.82, 2.24) is 15.6 Å². The third-order valence-corrected chi connectivity index (χ3v) is 4.41. The lowest BCUT2D eigenvalue weighted by molar-refractivity contribution is -0.121. The van der Waals surface area contributed by atoms with Crippen molar-refractivity contribution in [2.24, 2.45) is 0 Å². The Balaban J connectivity index is 1.35. The number of carbonyl (C=O) groups is 2. The van der Waals surface area contributed by atoms with Crippen LogP contribution in [0.3, 0.4) is 0 Å². The Morgan fingerprint density at radius 1 is 0.929 bits per heavy atom. The Labute approximate surface area is 163 Å². The molecule has 0 saturated carbocycles. The highest BCUT2D eigenvalue weighted by molar-refractivity contribution is 5.94. The Bertz CT molecular complexity index is 952. The highest BCUT2D eigenvalue weighted by Crippen LogP contribution is 2.15. The average Bonchev–Trinajstić information content (AvgIpc) is 2.72. The SMILES string of the molecule is O=C(CCCNC(=O)c1ccc(F)cc1)NCCc1cccc2cccnc12. The fraction of sp³-hybridized carbons (Fsp3) is 0.227. The van der Waals surface area contributed by atoms with E-state index in [-0.39, 0.29) is 17.6 Å². The minimum Gasteiger partial charge on any atom is -0.356 e. The summed E-state index contributed by atoms with van der Waals surface area (Å²) in [6.07, 6.45) is 3.35. The van der Waals surface area contributed by atoms with Crippen LogP contribution in [0.2, 0.25) is 0 Å². The van der Waals surface area contributed by atoms with Gasteiger partial charge in [0.05, 0.1) is 5.52 Å². The number of nitrogens with one attached hydrogen (secondary N) is 2. The molecule has 0 aliphatic carbocycles. The third kappa shape index (κ3) is 5.36. The summed E-state index contributed by atoms with van der Waals surface area (Å²) in [4.78, 5) is 28.3. The van der Waals surface area contributed by atoms with Crippen LogP contribution in [0.25, 0.3) is 10.9 Å². The number of benzene rings is 2. The first kappa shape index (κ1) is 19.5. The van der Waals surface area contributed by atoms with Gasteiger partial charge in [-0.3, -0.25) is 14.6 Å². The second kappa shape index (κ2) is 9.60. The van der Waals surface area contributed by atoms with E-state index in [4.69, 9.17) is 0 Å². The number of rotatable bonds is 8. The van der Waals surface area contributed by atoms with Crippen LogP contribution in [0.1, 0.15) is 28.8 Å². The van der Waals surface area contributed by atoms with E-state index in [9.17, 15) is 14.0 Å². The van der Waals surface area contributed by atoms with Crippen LogP contribution in [0.4, 0.5) is 4.39 Å². The van der Waals surface area contributed by atoms with E-state index in [0.29, 0.717) is 37.9 Å². The van der Waals surface area contributed by atoms with Gasteiger partial charge in [-0.2, -0.15) is 0 Å². The summed E-state index contributed by atoms with van der Waals surface area (Å²) in [5, 5.41) is 6.71. The van der Waals surface area contributed by atoms with Crippen LogP contribution in [0.5, 0.6) is 0 Å². The summed E-state index contributed by atoms with van der Waals surface area (Å²) in [6, 6.07) is 15.3. The van der Waals surface area contributed by atoms with Gasteiger partial charge < -0.3 is 10.6 Å². The molecule has 2 N–H and O–H groups in total. The molecule has 3 aromatic rings. The van der Waals surface area contributed by atoms with Gasteiger partial charge in [0.15, 0.2) is 0 Å². The topological polar surface area (TPSA) is 71.1 Å². The van der Waals surface area contributed by atoms with Crippen molar-refractivity contribution >= 4 is 22.7 Å². The molecule has 0 unspecified atom stereocenters. The normalized spacial score (nSPS) is 10.6. The fourth-order valence-corrected chi connectivity index (χ4v) is 2.95. The first-order valence-electron chi connectivity index (χ1n) is 9.26. The molecule has 1 aromatic heterocycles. The van der Waals surface area contributed by atoms with Crippen molar-refractivity contribution in [3.63, 3.8) is 0 Å². The molecule has 0 spiro atoms. The zero-order valence-electron chi connectivity index (χ0n) is 15.5. The van der Waals surface area contributed by atoms with Crippen LogP contribution >= 0.6 is 0 Å². The molecular weight excluding hydrogens is 357 g/mol. The largest absolute Gasteiger partial charge is 0.356 e. The first-order valence-corrected chi connectivity index (χ1v) is 9.26. The highest BCUT2D eigenvalue weighted by atomic mass is 19.1. The molecule has 0 fully saturated rings. The second-order valence-electron chi connectivity index (χ2n) is 6.46. The van der Waals surface area contributed by atoms with E-state index >= 15 is 0 Å². The smallest absolute Gasteiger partial charge is 0.251 e. The number of para-hydroxylation sites is 1. The van der Waals surface area contributed by atoms with Gasteiger partial charge in [-0.15, -0.1) is 0 Å². The van der Waals surface area contributed by atoms with Crippen molar-refractivity contribution in [1.29, 1.82) is 0 Å². The Morgan fingerprint density at radius 2 is 1.71 bits per heavy atom. The van der Waals surface area contributed by atoms with E-state index in [1.807, 2.05) is 30.3 Å². The number of fused-ring (bicyclic) bond motifs is 1. The zero-order valence-corrected chi connectivity index (χ0v) is 15.5. The van der Waals surface area contributed by atoms with Crippen molar-refractivity contribution in [2.75, 3.05) is 13.1 Å². The lowest BCUT2D eigenvalue weighted by Gasteiger charge is -2.08. The van der Waals surface area contributed by atoms with Crippen molar-refractivity contribution in [2.45, 2.75) is 19.3 Å². The molecule has 1 heterocycles. The van der Waals surface area contributed by atoms with E-state index in [0.717, 1.165) is 16.5 Å². The molecule has 0 aliphatic heterocycles. The molecule has 0 bridgehead atoms.